The highest BCUT2D eigenvalue weighted by Crippen LogP contribution is 2.43. The van der Waals surface area contributed by atoms with Crippen molar-refractivity contribution in [1.29, 1.82) is 0 Å². The smallest absolute Gasteiger partial charge is 0.0930 e. The van der Waals surface area contributed by atoms with Crippen molar-refractivity contribution < 1.29 is 5.11 Å². The Bertz CT molecular complexity index is 590. The first-order valence-electron chi connectivity index (χ1n) is 6.03. The summed E-state index contributed by atoms with van der Waals surface area (Å²) in [5.41, 5.74) is 1.99. The molecular formula is C15H12Cl2OS. The lowest BCUT2D eigenvalue weighted by atomic mass is 10.0. The van der Waals surface area contributed by atoms with E-state index in [1.54, 1.807) is 30.0 Å². The van der Waals surface area contributed by atoms with Crippen LogP contribution in [0.5, 0.6) is 0 Å². The molecule has 98 valence electrons. The SMILES string of the molecule is OC(c1cc(Cl)ccc1Cl)C1Cc2ccccc2S1. The maximum absolute atomic E-state index is 10.5. The van der Waals surface area contributed by atoms with Crippen molar-refractivity contribution in [2.75, 3.05) is 0 Å². The minimum Gasteiger partial charge on any atom is -0.387 e. The van der Waals surface area contributed by atoms with Gasteiger partial charge in [-0.15, -0.1) is 11.8 Å². The van der Waals surface area contributed by atoms with E-state index in [1.807, 2.05) is 12.1 Å². The summed E-state index contributed by atoms with van der Waals surface area (Å²) in [6, 6.07) is 13.5. The van der Waals surface area contributed by atoms with E-state index < -0.39 is 6.10 Å². The van der Waals surface area contributed by atoms with Crippen LogP contribution >= 0.6 is 35.0 Å². The van der Waals surface area contributed by atoms with Gasteiger partial charge in [0.15, 0.2) is 0 Å². The fourth-order valence-electron chi connectivity index (χ4n) is 2.33. The molecule has 2 atom stereocenters. The molecule has 2 aromatic rings. The summed E-state index contributed by atoms with van der Waals surface area (Å²) in [4.78, 5) is 1.24. The van der Waals surface area contributed by atoms with Crippen LogP contribution in [-0.2, 0) is 6.42 Å². The molecule has 1 heterocycles. The number of aliphatic hydroxyl groups excluding tert-OH is 1. The number of fused-ring (bicyclic) bond motifs is 1. The van der Waals surface area contributed by atoms with Gasteiger partial charge in [0.1, 0.15) is 0 Å². The normalized spacial score (nSPS) is 19.2. The summed E-state index contributed by atoms with van der Waals surface area (Å²) in [7, 11) is 0. The molecule has 1 N–H and O–H groups in total. The van der Waals surface area contributed by atoms with Gasteiger partial charge in [0.2, 0.25) is 0 Å². The summed E-state index contributed by atoms with van der Waals surface area (Å²) < 4.78 is 0. The van der Waals surface area contributed by atoms with Gasteiger partial charge in [0, 0.05) is 25.8 Å². The van der Waals surface area contributed by atoms with Crippen LogP contribution < -0.4 is 0 Å². The van der Waals surface area contributed by atoms with Crippen LogP contribution in [0.4, 0.5) is 0 Å². The van der Waals surface area contributed by atoms with E-state index in [-0.39, 0.29) is 5.25 Å². The molecule has 2 unspecified atom stereocenters. The Morgan fingerprint density at radius 2 is 1.95 bits per heavy atom. The maximum atomic E-state index is 10.5. The average Bonchev–Trinajstić information content (AvgIpc) is 2.84. The van der Waals surface area contributed by atoms with Crippen molar-refractivity contribution in [3.05, 3.63) is 63.6 Å². The predicted octanol–water partition coefficient (Wildman–Crippen LogP) is 4.74. The average molecular weight is 311 g/mol. The van der Waals surface area contributed by atoms with Crippen molar-refractivity contribution >= 4 is 35.0 Å². The van der Waals surface area contributed by atoms with Crippen LogP contribution in [0.15, 0.2) is 47.4 Å². The summed E-state index contributed by atoms with van der Waals surface area (Å²) in [6.45, 7) is 0. The first-order valence-corrected chi connectivity index (χ1v) is 7.66. The molecule has 3 rings (SSSR count). The predicted molar refractivity (Wildman–Crippen MR) is 81.2 cm³/mol. The summed E-state index contributed by atoms with van der Waals surface area (Å²) in [5, 5.41) is 11.8. The monoisotopic (exact) mass is 310 g/mol. The number of thioether (sulfide) groups is 1. The molecule has 0 fully saturated rings. The quantitative estimate of drug-likeness (QED) is 0.864. The van der Waals surface area contributed by atoms with Crippen molar-refractivity contribution in [3.63, 3.8) is 0 Å². The Balaban J connectivity index is 1.87. The standard InChI is InChI=1S/C15H12Cl2OS/c16-10-5-6-12(17)11(8-10)15(18)14-7-9-3-1-2-4-13(9)19-14/h1-6,8,14-15,18H,7H2. The van der Waals surface area contributed by atoms with E-state index in [0.29, 0.717) is 15.6 Å². The Kier molecular flexibility index (Phi) is 3.77. The molecule has 19 heavy (non-hydrogen) atoms. The fraction of sp³-hybridized carbons (Fsp3) is 0.200. The van der Waals surface area contributed by atoms with Crippen LogP contribution in [-0.4, -0.2) is 10.4 Å². The molecule has 2 aromatic carbocycles. The molecular weight excluding hydrogens is 299 g/mol. The third kappa shape index (κ3) is 2.63. The molecule has 0 aliphatic carbocycles. The molecule has 0 radical (unpaired) electrons. The highest BCUT2D eigenvalue weighted by molar-refractivity contribution is 8.00. The third-order valence-corrected chi connectivity index (χ3v) is 5.26. The van der Waals surface area contributed by atoms with Gasteiger partial charge >= 0.3 is 0 Å². The van der Waals surface area contributed by atoms with E-state index >= 15 is 0 Å². The number of hydrogen-bond donors (Lipinski definition) is 1. The molecule has 0 bridgehead atoms. The molecule has 0 spiro atoms. The summed E-state index contributed by atoms with van der Waals surface area (Å²) in [5.74, 6) is 0. The van der Waals surface area contributed by atoms with Crippen molar-refractivity contribution in [1.82, 2.24) is 0 Å². The molecule has 1 nitrogen and oxygen atoms in total. The van der Waals surface area contributed by atoms with Gasteiger partial charge < -0.3 is 5.11 Å². The lowest BCUT2D eigenvalue weighted by Gasteiger charge is -2.18. The molecule has 4 heteroatoms. The van der Waals surface area contributed by atoms with Gasteiger partial charge in [0.25, 0.3) is 0 Å². The third-order valence-electron chi connectivity index (χ3n) is 3.30. The fourth-order valence-corrected chi connectivity index (χ4v) is 4.06. The first-order chi connectivity index (χ1) is 9.15. The second-order valence-corrected chi connectivity index (χ2v) is 6.70. The number of benzene rings is 2. The number of halogens is 2. The van der Waals surface area contributed by atoms with Crippen molar-refractivity contribution in [3.8, 4) is 0 Å². The van der Waals surface area contributed by atoms with Gasteiger partial charge in [0.05, 0.1) is 6.10 Å². The maximum Gasteiger partial charge on any atom is 0.0930 e. The van der Waals surface area contributed by atoms with E-state index in [2.05, 4.69) is 12.1 Å². The number of hydrogen-bond acceptors (Lipinski definition) is 2. The van der Waals surface area contributed by atoms with Gasteiger partial charge in [-0.3, -0.25) is 0 Å². The van der Waals surface area contributed by atoms with Gasteiger partial charge in [-0.25, -0.2) is 0 Å². The van der Waals surface area contributed by atoms with Gasteiger partial charge in [-0.2, -0.15) is 0 Å². The van der Waals surface area contributed by atoms with Gasteiger partial charge in [-0.1, -0.05) is 41.4 Å². The highest BCUT2D eigenvalue weighted by Gasteiger charge is 2.30. The minimum atomic E-state index is -0.608. The van der Waals surface area contributed by atoms with E-state index in [1.165, 1.54) is 10.5 Å². The molecule has 0 aromatic heterocycles. The largest absolute Gasteiger partial charge is 0.387 e. The van der Waals surface area contributed by atoms with Gasteiger partial charge in [-0.05, 0) is 36.2 Å². The van der Waals surface area contributed by atoms with Crippen molar-refractivity contribution in [2.45, 2.75) is 22.7 Å². The van der Waals surface area contributed by atoms with E-state index in [4.69, 9.17) is 23.2 Å². The van der Waals surface area contributed by atoms with Crippen LogP contribution in [0.25, 0.3) is 0 Å². The molecule has 0 amide bonds. The second-order valence-electron chi connectivity index (χ2n) is 4.58. The topological polar surface area (TPSA) is 20.2 Å². The highest BCUT2D eigenvalue weighted by atomic mass is 35.5. The minimum absolute atomic E-state index is 0.0911. The molecule has 1 aliphatic rings. The Morgan fingerprint density at radius 1 is 1.16 bits per heavy atom. The zero-order valence-electron chi connectivity index (χ0n) is 10.0. The summed E-state index contributed by atoms with van der Waals surface area (Å²) in [6.07, 6.45) is 0.244. The molecule has 0 saturated carbocycles. The van der Waals surface area contributed by atoms with E-state index in [0.717, 1.165) is 6.42 Å². The van der Waals surface area contributed by atoms with E-state index in [9.17, 15) is 5.11 Å². The molecule has 1 aliphatic heterocycles. The Labute approximate surface area is 126 Å². The van der Waals surface area contributed by atoms with Crippen LogP contribution in [0.1, 0.15) is 17.2 Å². The zero-order valence-corrected chi connectivity index (χ0v) is 12.3. The lowest BCUT2D eigenvalue weighted by Crippen LogP contribution is -2.14. The Morgan fingerprint density at radius 3 is 2.74 bits per heavy atom. The summed E-state index contributed by atoms with van der Waals surface area (Å²) >= 11 is 13.8. The van der Waals surface area contributed by atoms with Crippen LogP contribution in [0, 0.1) is 0 Å². The van der Waals surface area contributed by atoms with Crippen molar-refractivity contribution in [2.24, 2.45) is 0 Å². The number of rotatable bonds is 2. The first kappa shape index (κ1) is 13.3. The Hall–Kier alpha value is -0.670. The van der Waals surface area contributed by atoms with Crippen LogP contribution in [0.2, 0.25) is 10.0 Å². The second kappa shape index (κ2) is 5.37. The lowest BCUT2D eigenvalue weighted by molar-refractivity contribution is 0.175. The number of aliphatic hydroxyl groups is 1. The van der Waals surface area contributed by atoms with Crippen LogP contribution in [0.3, 0.4) is 0 Å². The molecule has 0 saturated heterocycles. The zero-order chi connectivity index (χ0) is 13.4.